The Hall–Kier alpha value is -1.96. The van der Waals surface area contributed by atoms with Gasteiger partial charge in [-0.05, 0) is 0 Å². The van der Waals surface area contributed by atoms with Crippen LogP contribution in [-0.4, -0.2) is 34.0 Å². The summed E-state index contributed by atoms with van der Waals surface area (Å²) in [5, 5.41) is 12.1. The summed E-state index contributed by atoms with van der Waals surface area (Å²) < 4.78 is 0. The minimum absolute atomic E-state index is 0.0139. The summed E-state index contributed by atoms with van der Waals surface area (Å²) in [6.45, 7) is 0. The molecule has 3 N–H and O–H groups in total. The highest BCUT2D eigenvalue weighted by molar-refractivity contribution is 5.55. The zero-order chi connectivity index (χ0) is 10.7. The van der Waals surface area contributed by atoms with Crippen LogP contribution in [0.5, 0.6) is 0 Å². The summed E-state index contributed by atoms with van der Waals surface area (Å²) in [7, 11) is 3.37. The van der Waals surface area contributed by atoms with Crippen molar-refractivity contribution in [3.63, 3.8) is 0 Å². The van der Waals surface area contributed by atoms with E-state index in [4.69, 9.17) is 5.73 Å². The van der Waals surface area contributed by atoms with E-state index in [0.29, 0.717) is 0 Å². The number of nitrogens with zero attached hydrogens (tertiary/aromatic N) is 4. The normalized spacial score (nSPS) is 10.2. The number of rotatable bonds is 3. The Morgan fingerprint density at radius 3 is 2.79 bits per heavy atom. The van der Waals surface area contributed by atoms with Crippen LogP contribution in [0.2, 0.25) is 0 Å². The van der Waals surface area contributed by atoms with Crippen LogP contribution in [0.15, 0.2) is 6.20 Å². The Morgan fingerprint density at radius 2 is 2.29 bits per heavy atom. The van der Waals surface area contributed by atoms with Gasteiger partial charge in [-0.15, -0.1) is 0 Å². The third-order valence-electron chi connectivity index (χ3n) is 1.31. The molecule has 1 aromatic rings. The summed E-state index contributed by atoms with van der Waals surface area (Å²) in [5.74, 6) is 0.0625. The molecule has 8 nitrogen and oxygen atoms in total. The molecule has 0 spiro atoms. The van der Waals surface area contributed by atoms with Gasteiger partial charge >= 0.3 is 5.69 Å². The fraction of sp³-hybridized carbons (Fsp3) is 0.333. The van der Waals surface area contributed by atoms with Crippen molar-refractivity contribution < 1.29 is 4.92 Å². The first-order chi connectivity index (χ1) is 6.50. The lowest BCUT2D eigenvalue weighted by Crippen LogP contribution is -2.21. The van der Waals surface area contributed by atoms with E-state index < -0.39 is 4.92 Å². The van der Waals surface area contributed by atoms with Crippen molar-refractivity contribution in [2.75, 3.05) is 25.3 Å². The number of anilines is 2. The van der Waals surface area contributed by atoms with E-state index in [0.717, 1.165) is 6.20 Å². The number of nitro groups is 1. The van der Waals surface area contributed by atoms with Gasteiger partial charge < -0.3 is 5.73 Å². The molecule has 0 aliphatic carbocycles. The molecule has 0 radical (unpaired) electrons. The SMILES string of the molecule is CN(C)Nc1nc(N)ncc1[N+](=O)[O-]. The lowest BCUT2D eigenvalue weighted by Gasteiger charge is -2.11. The number of nitrogen functional groups attached to an aromatic ring is 1. The zero-order valence-corrected chi connectivity index (χ0v) is 7.76. The molecule has 0 aliphatic heterocycles. The molecule has 0 amide bonds. The number of hydrogen-bond acceptors (Lipinski definition) is 7. The average molecular weight is 198 g/mol. The molecule has 0 bridgehead atoms. The number of nitrogens with two attached hydrogens (primary N) is 1. The maximum Gasteiger partial charge on any atom is 0.330 e. The van der Waals surface area contributed by atoms with Gasteiger partial charge in [-0.25, -0.2) is 9.99 Å². The third-order valence-corrected chi connectivity index (χ3v) is 1.31. The van der Waals surface area contributed by atoms with Gasteiger partial charge in [0.15, 0.2) is 0 Å². The first-order valence-electron chi connectivity index (χ1n) is 3.71. The molecule has 76 valence electrons. The molecule has 0 aromatic carbocycles. The first kappa shape index (κ1) is 10.1. The fourth-order valence-electron chi connectivity index (χ4n) is 0.817. The molecule has 0 atom stereocenters. The number of hydrogen-bond donors (Lipinski definition) is 2. The van der Waals surface area contributed by atoms with Crippen molar-refractivity contribution in [3.05, 3.63) is 16.3 Å². The van der Waals surface area contributed by atoms with Crippen LogP contribution >= 0.6 is 0 Å². The summed E-state index contributed by atoms with van der Waals surface area (Å²) >= 11 is 0. The second-order valence-corrected chi connectivity index (χ2v) is 2.73. The molecule has 14 heavy (non-hydrogen) atoms. The molecule has 0 aliphatic rings. The number of hydrazine groups is 1. The molecule has 0 saturated heterocycles. The van der Waals surface area contributed by atoms with E-state index in [1.165, 1.54) is 5.01 Å². The minimum Gasteiger partial charge on any atom is -0.368 e. The topological polar surface area (TPSA) is 110 Å². The maximum absolute atomic E-state index is 10.5. The lowest BCUT2D eigenvalue weighted by molar-refractivity contribution is -0.384. The van der Waals surface area contributed by atoms with Gasteiger partial charge in [0.2, 0.25) is 11.8 Å². The van der Waals surface area contributed by atoms with Crippen molar-refractivity contribution in [2.24, 2.45) is 0 Å². The maximum atomic E-state index is 10.5. The predicted octanol–water partition coefficient (Wildman–Crippen LogP) is -0.144. The predicted molar refractivity (Wildman–Crippen MR) is 50.4 cm³/mol. The highest BCUT2D eigenvalue weighted by atomic mass is 16.6. The van der Waals surface area contributed by atoms with Crippen molar-refractivity contribution >= 4 is 17.5 Å². The van der Waals surface area contributed by atoms with E-state index in [1.807, 2.05) is 0 Å². The Morgan fingerprint density at radius 1 is 1.64 bits per heavy atom. The molecule has 1 aromatic heterocycles. The van der Waals surface area contributed by atoms with Crippen molar-refractivity contribution in [3.8, 4) is 0 Å². The van der Waals surface area contributed by atoms with Gasteiger partial charge in [-0.3, -0.25) is 15.5 Å². The molecular weight excluding hydrogens is 188 g/mol. The second-order valence-electron chi connectivity index (χ2n) is 2.73. The van der Waals surface area contributed by atoms with Gasteiger partial charge in [0.1, 0.15) is 6.20 Å². The minimum atomic E-state index is -0.578. The molecule has 0 saturated carbocycles. The summed E-state index contributed by atoms with van der Waals surface area (Å²) in [6, 6.07) is 0. The molecule has 1 heterocycles. The zero-order valence-electron chi connectivity index (χ0n) is 7.76. The van der Waals surface area contributed by atoms with Crippen LogP contribution in [0.3, 0.4) is 0 Å². The van der Waals surface area contributed by atoms with Crippen molar-refractivity contribution in [1.29, 1.82) is 0 Å². The van der Waals surface area contributed by atoms with Crippen LogP contribution in [0.1, 0.15) is 0 Å². The highest BCUT2D eigenvalue weighted by Gasteiger charge is 2.16. The van der Waals surface area contributed by atoms with Crippen LogP contribution in [0.4, 0.5) is 17.5 Å². The van der Waals surface area contributed by atoms with Crippen LogP contribution < -0.4 is 11.2 Å². The Bertz CT molecular complexity index is 352. The standard InChI is InChI=1S/C6H10N6O2/c1-11(2)10-5-4(12(13)14)3-8-6(7)9-5/h3H,1-2H3,(H3,7,8,9,10). The molecule has 1 rings (SSSR count). The summed E-state index contributed by atoms with van der Waals surface area (Å²) in [5.41, 5.74) is 7.74. The molecule has 0 unspecified atom stereocenters. The van der Waals surface area contributed by atoms with Crippen LogP contribution in [0, 0.1) is 10.1 Å². The summed E-state index contributed by atoms with van der Waals surface area (Å²) in [6.07, 6.45) is 1.06. The molecular formula is C6H10N6O2. The third kappa shape index (κ3) is 2.26. The van der Waals surface area contributed by atoms with Gasteiger partial charge in [0.05, 0.1) is 4.92 Å². The monoisotopic (exact) mass is 198 g/mol. The molecule has 0 fully saturated rings. The quantitative estimate of drug-likeness (QED) is 0.513. The van der Waals surface area contributed by atoms with E-state index in [1.54, 1.807) is 14.1 Å². The Balaban J connectivity index is 3.09. The largest absolute Gasteiger partial charge is 0.368 e. The number of nitrogens with one attached hydrogen (secondary N) is 1. The second kappa shape index (κ2) is 3.83. The Labute approximate surface area is 79.9 Å². The van der Waals surface area contributed by atoms with Crippen LogP contribution in [-0.2, 0) is 0 Å². The molecule has 8 heteroatoms. The van der Waals surface area contributed by atoms with Gasteiger partial charge in [0.25, 0.3) is 0 Å². The lowest BCUT2D eigenvalue weighted by atomic mass is 10.5. The van der Waals surface area contributed by atoms with Gasteiger partial charge in [0, 0.05) is 14.1 Å². The smallest absolute Gasteiger partial charge is 0.330 e. The van der Waals surface area contributed by atoms with E-state index in [-0.39, 0.29) is 17.5 Å². The highest BCUT2D eigenvalue weighted by Crippen LogP contribution is 2.20. The van der Waals surface area contributed by atoms with E-state index >= 15 is 0 Å². The summed E-state index contributed by atoms with van der Waals surface area (Å²) in [4.78, 5) is 17.2. The van der Waals surface area contributed by atoms with E-state index in [9.17, 15) is 10.1 Å². The van der Waals surface area contributed by atoms with Gasteiger partial charge in [-0.2, -0.15) is 4.98 Å². The first-order valence-corrected chi connectivity index (χ1v) is 3.71. The van der Waals surface area contributed by atoms with Gasteiger partial charge in [-0.1, -0.05) is 0 Å². The number of aromatic nitrogens is 2. The van der Waals surface area contributed by atoms with E-state index in [2.05, 4.69) is 15.4 Å². The van der Waals surface area contributed by atoms with Crippen LogP contribution in [0.25, 0.3) is 0 Å². The van der Waals surface area contributed by atoms with Crippen molar-refractivity contribution in [2.45, 2.75) is 0 Å². The average Bonchev–Trinajstić information content (AvgIpc) is 2.01. The Kier molecular flexibility index (Phi) is 2.77. The van der Waals surface area contributed by atoms with Crippen molar-refractivity contribution in [1.82, 2.24) is 15.0 Å². The fourth-order valence-corrected chi connectivity index (χ4v) is 0.817.